The molecule has 0 saturated carbocycles. The van der Waals surface area contributed by atoms with Crippen LogP contribution in [0.5, 0.6) is 0 Å². The topological polar surface area (TPSA) is 70.4 Å². The van der Waals surface area contributed by atoms with Gasteiger partial charge in [0, 0.05) is 31.2 Å². The van der Waals surface area contributed by atoms with Gasteiger partial charge < -0.3 is 15.2 Å². The number of likely N-dealkylation sites (N-methyl/N-ethyl adjacent to an activating group) is 1. The Kier molecular flexibility index (Phi) is 10.3. The quantitative estimate of drug-likeness (QED) is 0.303. The number of aromatic nitrogens is 3. The third-order valence-corrected chi connectivity index (χ3v) is 5.80. The molecule has 1 fully saturated rings. The van der Waals surface area contributed by atoms with E-state index < -0.39 is 0 Å². The molecule has 166 valence electrons. The lowest BCUT2D eigenvalue weighted by Gasteiger charge is -2.24. The Bertz CT molecular complexity index is 823. The third-order valence-electron chi connectivity index (χ3n) is 5.57. The summed E-state index contributed by atoms with van der Waals surface area (Å²) < 4.78 is 1.98. The number of aryl methyl sites for hydroxylation is 1. The first kappa shape index (κ1) is 24.9. The van der Waals surface area contributed by atoms with Gasteiger partial charge >= 0.3 is 0 Å². The van der Waals surface area contributed by atoms with Crippen LogP contribution in [0.1, 0.15) is 37.0 Å². The molecule has 30 heavy (non-hydrogen) atoms. The largest absolute Gasteiger partial charge is 0.356 e. The highest BCUT2D eigenvalue weighted by molar-refractivity contribution is 14.0. The van der Waals surface area contributed by atoms with Crippen LogP contribution in [0.25, 0.3) is 0 Å². The molecule has 9 heteroatoms. The van der Waals surface area contributed by atoms with Crippen LogP contribution in [-0.2, 0) is 20.0 Å². The van der Waals surface area contributed by atoms with Gasteiger partial charge in [-0.2, -0.15) is 0 Å². The first-order valence-electron chi connectivity index (χ1n) is 10.4. The van der Waals surface area contributed by atoms with Crippen LogP contribution in [0.2, 0.25) is 5.02 Å². The number of halogens is 2. The first-order valence-corrected chi connectivity index (χ1v) is 10.8. The molecule has 1 atom stereocenters. The highest BCUT2D eigenvalue weighted by Crippen LogP contribution is 2.15. The molecule has 0 amide bonds. The molecule has 2 N–H and O–H groups in total. The normalized spacial score (nSPS) is 17.1. The first-order chi connectivity index (χ1) is 14.1. The molecule has 0 radical (unpaired) electrons. The van der Waals surface area contributed by atoms with Gasteiger partial charge in [-0.05, 0) is 57.0 Å². The van der Waals surface area contributed by atoms with Crippen LogP contribution in [0.3, 0.4) is 0 Å². The summed E-state index contributed by atoms with van der Waals surface area (Å²) in [6.45, 7) is 8.64. The molecule has 7 nitrogen and oxygen atoms in total. The van der Waals surface area contributed by atoms with E-state index in [0.717, 1.165) is 48.7 Å². The second-order valence-corrected chi connectivity index (χ2v) is 7.94. The summed E-state index contributed by atoms with van der Waals surface area (Å²) in [6, 6.07) is 8.56. The predicted octanol–water partition coefficient (Wildman–Crippen LogP) is 3.16. The van der Waals surface area contributed by atoms with Crippen molar-refractivity contribution in [2.75, 3.05) is 26.2 Å². The molecule has 0 bridgehead atoms. The molecule has 0 spiro atoms. The lowest BCUT2D eigenvalue weighted by atomic mass is 10.1. The lowest BCUT2D eigenvalue weighted by Crippen LogP contribution is -2.45. The summed E-state index contributed by atoms with van der Waals surface area (Å²) in [5.41, 5.74) is 1.21. The smallest absolute Gasteiger partial charge is 0.191 e. The van der Waals surface area contributed by atoms with E-state index >= 15 is 0 Å². The Balaban J connectivity index is 0.00000320. The second kappa shape index (κ2) is 12.5. The minimum atomic E-state index is 0. The van der Waals surface area contributed by atoms with Gasteiger partial charge in [-0.3, -0.25) is 4.90 Å². The molecule has 1 aromatic carbocycles. The highest BCUT2D eigenvalue weighted by atomic mass is 127. The van der Waals surface area contributed by atoms with Gasteiger partial charge in [-0.25, -0.2) is 4.99 Å². The fourth-order valence-electron chi connectivity index (χ4n) is 3.69. The van der Waals surface area contributed by atoms with Gasteiger partial charge in [-0.1, -0.05) is 30.7 Å². The van der Waals surface area contributed by atoms with Crippen LogP contribution in [0.4, 0.5) is 0 Å². The van der Waals surface area contributed by atoms with Crippen molar-refractivity contribution in [2.45, 2.75) is 45.7 Å². The predicted molar refractivity (Wildman–Crippen MR) is 134 cm³/mol. The third kappa shape index (κ3) is 7.09. The molecule has 1 unspecified atom stereocenters. The Morgan fingerprint density at radius 2 is 2.13 bits per heavy atom. The van der Waals surface area contributed by atoms with Crippen LogP contribution in [-0.4, -0.2) is 57.8 Å². The van der Waals surface area contributed by atoms with Crippen molar-refractivity contribution in [1.82, 2.24) is 30.3 Å². The summed E-state index contributed by atoms with van der Waals surface area (Å²) in [5.74, 6) is 2.56. The number of hydrogen-bond acceptors (Lipinski definition) is 4. The monoisotopic (exact) mass is 545 g/mol. The zero-order valence-corrected chi connectivity index (χ0v) is 21.2. The maximum Gasteiger partial charge on any atom is 0.191 e. The van der Waals surface area contributed by atoms with E-state index in [9.17, 15) is 0 Å². The summed E-state index contributed by atoms with van der Waals surface area (Å²) in [5, 5.41) is 16.1. The summed E-state index contributed by atoms with van der Waals surface area (Å²) in [4.78, 5) is 7.29. The maximum absolute atomic E-state index is 6.09. The number of benzene rings is 1. The molecule has 2 heterocycles. The average molecular weight is 546 g/mol. The van der Waals surface area contributed by atoms with Crippen molar-refractivity contribution in [3.63, 3.8) is 0 Å². The molecular formula is C21H33ClIN7. The van der Waals surface area contributed by atoms with Crippen molar-refractivity contribution >= 4 is 41.5 Å². The van der Waals surface area contributed by atoms with E-state index in [1.165, 1.54) is 24.9 Å². The molecular weight excluding hydrogens is 513 g/mol. The van der Waals surface area contributed by atoms with E-state index in [4.69, 9.17) is 16.6 Å². The van der Waals surface area contributed by atoms with E-state index in [-0.39, 0.29) is 24.0 Å². The lowest BCUT2D eigenvalue weighted by molar-refractivity contribution is 0.267. The fraction of sp³-hybridized carbons (Fsp3) is 0.571. The molecule has 1 saturated heterocycles. The average Bonchev–Trinajstić information content (AvgIpc) is 3.30. The minimum Gasteiger partial charge on any atom is -0.356 e. The van der Waals surface area contributed by atoms with E-state index in [1.807, 2.05) is 36.7 Å². The molecule has 1 aliphatic heterocycles. The number of guanidine groups is 1. The van der Waals surface area contributed by atoms with Crippen molar-refractivity contribution in [1.29, 1.82) is 0 Å². The molecule has 1 aromatic heterocycles. The van der Waals surface area contributed by atoms with Gasteiger partial charge in [0.25, 0.3) is 0 Å². The fourth-order valence-corrected chi connectivity index (χ4v) is 3.90. The summed E-state index contributed by atoms with van der Waals surface area (Å²) in [7, 11) is 1.97. The number of likely N-dealkylation sites (tertiary alicyclic amines) is 1. The zero-order valence-electron chi connectivity index (χ0n) is 18.1. The van der Waals surface area contributed by atoms with Crippen LogP contribution < -0.4 is 10.6 Å². The number of nitrogens with one attached hydrogen (secondary N) is 2. The van der Waals surface area contributed by atoms with Gasteiger partial charge in [0.15, 0.2) is 11.8 Å². The number of nitrogens with zero attached hydrogens (tertiary/aromatic N) is 5. The van der Waals surface area contributed by atoms with E-state index in [2.05, 4.69) is 38.7 Å². The van der Waals surface area contributed by atoms with E-state index in [1.54, 1.807) is 0 Å². The Labute approximate surface area is 201 Å². The zero-order chi connectivity index (χ0) is 20.6. The van der Waals surface area contributed by atoms with Gasteiger partial charge in [0.1, 0.15) is 12.4 Å². The van der Waals surface area contributed by atoms with E-state index in [0.29, 0.717) is 12.6 Å². The Morgan fingerprint density at radius 1 is 1.30 bits per heavy atom. The summed E-state index contributed by atoms with van der Waals surface area (Å²) in [6.07, 6.45) is 3.39. The number of aliphatic imine (C=N–C) groups is 1. The van der Waals surface area contributed by atoms with Crippen molar-refractivity contribution < 1.29 is 0 Å². The van der Waals surface area contributed by atoms with Gasteiger partial charge in [0.2, 0.25) is 0 Å². The SMILES string of the molecule is CCN1CCCC1CNC(=NCc1nnc(C)n1C)NCCc1cccc(Cl)c1.I. The highest BCUT2D eigenvalue weighted by Gasteiger charge is 2.22. The Morgan fingerprint density at radius 3 is 2.83 bits per heavy atom. The van der Waals surface area contributed by atoms with Crippen LogP contribution in [0.15, 0.2) is 29.3 Å². The van der Waals surface area contributed by atoms with Crippen molar-refractivity contribution in [3.05, 3.63) is 46.5 Å². The van der Waals surface area contributed by atoms with Crippen molar-refractivity contribution in [3.8, 4) is 0 Å². The van der Waals surface area contributed by atoms with Gasteiger partial charge in [0.05, 0.1) is 0 Å². The summed E-state index contributed by atoms with van der Waals surface area (Å²) >= 11 is 6.09. The minimum absolute atomic E-state index is 0. The number of rotatable bonds is 8. The standard InChI is InChI=1S/C21H32ClN7.HI/c1-4-29-12-6-9-19(29)14-24-21(25-15-20-27-26-16(2)28(20)3)23-11-10-17-7-5-8-18(22)13-17;/h5,7-8,13,19H,4,6,9-12,14-15H2,1-3H3,(H2,23,24,25);1H. The molecule has 1 aliphatic rings. The van der Waals surface area contributed by atoms with Crippen LogP contribution in [0, 0.1) is 6.92 Å². The molecule has 2 aromatic rings. The number of hydrogen-bond donors (Lipinski definition) is 2. The van der Waals surface area contributed by atoms with Crippen LogP contribution >= 0.6 is 35.6 Å². The Hall–Kier alpha value is -1.39. The second-order valence-electron chi connectivity index (χ2n) is 7.50. The molecule has 3 rings (SSSR count). The van der Waals surface area contributed by atoms with Gasteiger partial charge in [-0.15, -0.1) is 34.2 Å². The maximum atomic E-state index is 6.09. The molecule has 0 aliphatic carbocycles. The van der Waals surface area contributed by atoms with Crippen molar-refractivity contribution in [2.24, 2.45) is 12.0 Å².